The number of aliphatic hydroxyl groups excluding tert-OH is 2. The summed E-state index contributed by atoms with van der Waals surface area (Å²) in [5.74, 6) is -0.552. The zero-order valence-electron chi connectivity index (χ0n) is 36.2. The smallest absolute Gasteiger partial charge is 0.306 e. The summed E-state index contributed by atoms with van der Waals surface area (Å²) in [4.78, 5) is 26.0. The molecule has 0 aliphatic heterocycles. The molecule has 56 heavy (non-hydrogen) atoms. The van der Waals surface area contributed by atoms with Crippen LogP contribution in [0.5, 0.6) is 0 Å². The van der Waals surface area contributed by atoms with Gasteiger partial charge >= 0.3 is 5.97 Å². The maximum atomic E-state index is 13.1. The van der Waals surface area contributed by atoms with Gasteiger partial charge < -0.3 is 20.3 Å². The van der Waals surface area contributed by atoms with Crippen LogP contribution in [0.25, 0.3) is 0 Å². The zero-order valence-corrected chi connectivity index (χ0v) is 36.2. The first-order chi connectivity index (χ1) is 27.5. The summed E-state index contributed by atoms with van der Waals surface area (Å²) in [7, 11) is 0. The number of rotatable bonds is 39. The molecule has 0 fully saturated rings. The highest BCUT2D eigenvalue weighted by Gasteiger charge is 2.24. The van der Waals surface area contributed by atoms with Gasteiger partial charge in [-0.1, -0.05) is 189 Å². The van der Waals surface area contributed by atoms with Crippen molar-refractivity contribution in [2.45, 2.75) is 212 Å². The Balaban J connectivity index is 4.74. The zero-order chi connectivity index (χ0) is 41.0. The summed E-state index contributed by atoms with van der Waals surface area (Å²) >= 11 is 0. The molecule has 6 heteroatoms. The Morgan fingerprint density at radius 1 is 0.554 bits per heavy atom. The number of hydrogen-bond donors (Lipinski definition) is 3. The second-order valence-corrected chi connectivity index (χ2v) is 15.1. The highest BCUT2D eigenvalue weighted by atomic mass is 16.5. The highest BCUT2D eigenvalue weighted by Crippen LogP contribution is 2.17. The van der Waals surface area contributed by atoms with E-state index in [1.165, 1.54) is 44.9 Å². The Morgan fingerprint density at radius 2 is 1.05 bits per heavy atom. The lowest BCUT2D eigenvalue weighted by Crippen LogP contribution is -2.46. The molecule has 0 radical (unpaired) electrons. The van der Waals surface area contributed by atoms with E-state index in [4.69, 9.17) is 4.74 Å². The summed E-state index contributed by atoms with van der Waals surface area (Å²) < 4.78 is 5.88. The molecule has 0 aromatic carbocycles. The predicted octanol–water partition coefficient (Wildman–Crippen LogP) is 13.2. The predicted molar refractivity (Wildman–Crippen MR) is 241 cm³/mol. The first kappa shape index (κ1) is 53.0. The highest BCUT2D eigenvalue weighted by molar-refractivity contribution is 5.77. The normalized spacial score (nSPS) is 14.2. The largest absolute Gasteiger partial charge is 0.462 e. The molecule has 0 aromatic heterocycles. The fourth-order valence-electron chi connectivity index (χ4n) is 6.39. The van der Waals surface area contributed by atoms with Crippen molar-refractivity contribution in [1.82, 2.24) is 5.32 Å². The molecule has 3 unspecified atom stereocenters. The van der Waals surface area contributed by atoms with Crippen LogP contribution >= 0.6 is 0 Å². The molecule has 0 spiro atoms. The number of aliphatic hydroxyl groups is 2. The Hall–Kier alpha value is -2.96. The Bertz CT molecular complexity index is 1100. The average molecular weight is 780 g/mol. The van der Waals surface area contributed by atoms with E-state index in [1.54, 1.807) is 0 Å². The van der Waals surface area contributed by atoms with E-state index in [-0.39, 0.29) is 24.9 Å². The fourth-order valence-corrected chi connectivity index (χ4v) is 6.39. The second-order valence-electron chi connectivity index (χ2n) is 15.1. The maximum absolute atomic E-state index is 13.1. The number of allylic oxidation sites excluding steroid dienone is 14. The lowest BCUT2D eigenvalue weighted by molar-refractivity contribution is -0.151. The Morgan fingerprint density at radius 3 is 1.68 bits per heavy atom. The molecule has 0 aliphatic rings. The van der Waals surface area contributed by atoms with E-state index < -0.39 is 18.2 Å². The molecule has 1 amide bonds. The molecule has 0 bridgehead atoms. The van der Waals surface area contributed by atoms with E-state index in [0.717, 1.165) is 103 Å². The quantitative estimate of drug-likeness (QED) is 0.0250. The molecular formula is C50H85NO5. The molecule has 0 aromatic rings. The topological polar surface area (TPSA) is 95.9 Å². The molecule has 0 rings (SSSR count). The van der Waals surface area contributed by atoms with Crippen LogP contribution in [0.2, 0.25) is 0 Å². The van der Waals surface area contributed by atoms with Gasteiger partial charge in [-0.2, -0.15) is 0 Å². The lowest BCUT2D eigenvalue weighted by atomic mass is 10.0. The minimum absolute atomic E-state index is 0.0418. The number of esters is 1. The molecule has 0 saturated heterocycles. The van der Waals surface area contributed by atoms with Crippen molar-refractivity contribution < 1.29 is 24.5 Å². The first-order valence-electron chi connectivity index (χ1n) is 22.9. The number of ether oxygens (including phenoxy) is 1. The minimum Gasteiger partial charge on any atom is -0.462 e. The van der Waals surface area contributed by atoms with Gasteiger partial charge in [0.25, 0.3) is 0 Å². The molecule has 3 N–H and O–H groups in total. The molecular weight excluding hydrogens is 695 g/mol. The van der Waals surface area contributed by atoms with Crippen molar-refractivity contribution in [2.75, 3.05) is 6.61 Å². The van der Waals surface area contributed by atoms with Gasteiger partial charge in [-0.05, 0) is 77.0 Å². The van der Waals surface area contributed by atoms with Gasteiger partial charge in [0, 0.05) is 6.42 Å². The van der Waals surface area contributed by atoms with Gasteiger partial charge in [0.1, 0.15) is 6.10 Å². The summed E-state index contributed by atoms with van der Waals surface area (Å²) in [6.07, 6.45) is 55.0. The van der Waals surface area contributed by atoms with Crippen LogP contribution in [0, 0.1) is 0 Å². The van der Waals surface area contributed by atoms with Crippen LogP contribution in [0.1, 0.15) is 194 Å². The van der Waals surface area contributed by atoms with Crippen LogP contribution in [0.3, 0.4) is 0 Å². The van der Waals surface area contributed by atoms with E-state index >= 15 is 0 Å². The SMILES string of the molecule is CC/C=C/C=C/C=C\C=C/CCCCCC(=O)OC(CCCCCC/C=C/C/C=C/C/C=C/CC)CC(=O)NC(CO)C(O)CCCCCCCCCCCC. The molecule has 3 atom stereocenters. The molecule has 0 heterocycles. The van der Waals surface area contributed by atoms with Crippen molar-refractivity contribution in [3.8, 4) is 0 Å². The van der Waals surface area contributed by atoms with Crippen molar-refractivity contribution in [2.24, 2.45) is 0 Å². The summed E-state index contributed by atoms with van der Waals surface area (Å²) in [5.41, 5.74) is 0. The molecule has 6 nitrogen and oxygen atoms in total. The van der Waals surface area contributed by atoms with E-state index in [2.05, 4.69) is 80.8 Å². The van der Waals surface area contributed by atoms with Crippen molar-refractivity contribution in [3.05, 3.63) is 85.1 Å². The second kappa shape index (κ2) is 43.2. The van der Waals surface area contributed by atoms with E-state index in [9.17, 15) is 19.8 Å². The van der Waals surface area contributed by atoms with Crippen LogP contribution in [-0.2, 0) is 14.3 Å². The van der Waals surface area contributed by atoms with Gasteiger partial charge in [-0.15, -0.1) is 0 Å². The summed E-state index contributed by atoms with van der Waals surface area (Å²) in [6, 6.07) is -0.720. The number of nitrogens with one attached hydrogen (secondary N) is 1. The summed E-state index contributed by atoms with van der Waals surface area (Å²) in [6.45, 7) is 6.18. The number of amides is 1. The van der Waals surface area contributed by atoms with Gasteiger partial charge in [-0.3, -0.25) is 9.59 Å². The van der Waals surface area contributed by atoms with Crippen molar-refractivity contribution in [1.29, 1.82) is 0 Å². The number of carbonyl (C=O) groups is 2. The van der Waals surface area contributed by atoms with Crippen LogP contribution in [-0.4, -0.2) is 46.9 Å². The van der Waals surface area contributed by atoms with Crippen LogP contribution in [0.15, 0.2) is 85.1 Å². The lowest BCUT2D eigenvalue weighted by Gasteiger charge is -2.24. The van der Waals surface area contributed by atoms with Crippen LogP contribution < -0.4 is 5.32 Å². The van der Waals surface area contributed by atoms with Gasteiger partial charge in [-0.25, -0.2) is 0 Å². The van der Waals surface area contributed by atoms with Crippen molar-refractivity contribution >= 4 is 11.9 Å². The maximum Gasteiger partial charge on any atom is 0.306 e. The molecule has 0 aliphatic carbocycles. The number of carbonyl (C=O) groups excluding carboxylic acids is 2. The molecule has 0 saturated carbocycles. The minimum atomic E-state index is -0.803. The van der Waals surface area contributed by atoms with Crippen LogP contribution in [0.4, 0.5) is 0 Å². The van der Waals surface area contributed by atoms with Crippen molar-refractivity contribution in [3.63, 3.8) is 0 Å². The number of unbranched alkanes of at least 4 members (excludes halogenated alkanes) is 16. The van der Waals surface area contributed by atoms with Gasteiger partial charge in [0.05, 0.1) is 25.2 Å². The van der Waals surface area contributed by atoms with Gasteiger partial charge in [0.15, 0.2) is 0 Å². The third-order valence-electron chi connectivity index (χ3n) is 9.81. The average Bonchev–Trinajstić information content (AvgIpc) is 3.19. The Labute approximate surface area is 344 Å². The van der Waals surface area contributed by atoms with E-state index in [1.807, 2.05) is 30.4 Å². The van der Waals surface area contributed by atoms with Gasteiger partial charge in [0.2, 0.25) is 5.91 Å². The Kier molecular flexibility index (Phi) is 40.9. The first-order valence-corrected chi connectivity index (χ1v) is 22.9. The standard InChI is InChI=1S/C50H85NO5/c1-4-7-10-13-16-19-22-24-26-27-29-32-35-38-41-46(56-50(55)43-40-37-34-31-28-25-23-20-17-14-11-8-5-2)44-49(54)51-47(45-52)48(53)42-39-36-33-30-21-18-15-12-9-6-3/h7-8,10-11,14,16-17,19-20,23-26,28,46-48,52-53H,4-6,9,12-13,15,18,21-22,27,29-45H2,1-3H3,(H,51,54)/b10-7+,11-8+,17-14+,19-16+,23-20-,26-24+,28-25-. The third-order valence-corrected chi connectivity index (χ3v) is 9.81. The fraction of sp³-hybridized carbons (Fsp3) is 0.680. The monoisotopic (exact) mass is 780 g/mol. The summed E-state index contributed by atoms with van der Waals surface area (Å²) in [5, 5.41) is 23.6. The third kappa shape index (κ3) is 37.9. The van der Waals surface area contributed by atoms with E-state index in [0.29, 0.717) is 19.3 Å². The number of hydrogen-bond acceptors (Lipinski definition) is 5. The molecule has 320 valence electrons.